The number of fused-ring (bicyclic) bond motifs is 1. The second kappa shape index (κ2) is 6.65. The molecule has 0 atom stereocenters. The Hall–Kier alpha value is -2.62. The molecule has 118 valence electrons. The number of likely N-dealkylation sites (N-methyl/N-ethyl adjacent to an activating group) is 1. The molecular weight excluding hydrogens is 293 g/mol. The van der Waals surface area contributed by atoms with Gasteiger partial charge in [-0.3, -0.25) is 4.79 Å². The quantitative estimate of drug-likeness (QED) is 0.810. The third-order valence-electron chi connectivity index (χ3n) is 3.84. The lowest BCUT2D eigenvalue weighted by atomic mass is 10.1. The van der Waals surface area contributed by atoms with Gasteiger partial charge >= 0.3 is 0 Å². The molecule has 0 spiro atoms. The van der Waals surface area contributed by atoms with Gasteiger partial charge in [0, 0.05) is 26.1 Å². The molecule has 3 nitrogen and oxygen atoms in total. The molecule has 3 rings (SSSR count). The molecule has 0 fully saturated rings. The number of benzene rings is 2. The highest BCUT2D eigenvalue weighted by atomic mass is 19.1. The van der Waals surface area contributed by atoms with Gasteiger partial charge in [0.05, 0.1) is 6.61 Å². The monoisotopic (exact) mass is 311 g/mol. The van der Waals surface area contributed by atoms with Crippen LogP contribution in [0.1, 0.15) is 16.7 Å². The second-order valence-electron chi connectivity index (χ2n) is 5.62. The van der Waals surface area contributed by atoms with Crippen LogP contribution in [0.3, 0.4) is 0 Å². The smallest absolute Gasteiger partial charge is 0.246 e. The molecule has 0 N–H and O–H groups in total. The van der Waals surface area contributed by atoms with Crippen molar-refractivity contribution in [2.45, 2.75) is 13.0 Å². The average Bonchev–Trinajstić information content (AvgIpc) is 3.02. The highest BCUT2D eigenvalue weighted by Crippen LogP contribution is 2.26. The largest absolute Gasteiger partial charge is 0.493 e. The Morgan fingerprint density at radius 3 is 2.83 bits per heavy atom. The molecule has 2 aromatic carbocycles. The van der Waals surface area contributed by atoms with Gasteiger partial charge in [0.15, 0.2) is 0 Å². The van der Waals surface area contributed by atoms with E-state index in [1.165, 1.54) is 17.7 Å². The molecule has 0 aromatic heterocycles. The summed E-state index contributed by atoms with van der Waals surface area (Å²) < 4.78 is 18.4. The van der Waals surface area contributed by atoms with Gasteiger partial charge in [0.2, 0.25) is 5.91 Å². The SMILES string of the molecule is CN(Cc1ccc(F)cc1)C(=O)/C=C/c1ccc2c(c1)CCO2. The maximum atomic E-state index is 12.9. The van der Waals surface area contributed by atoms with Crippen LogP contribution in [0.25, 0.3) is 6.08 Å². The van der Waals surface area contributed by atoms with Crippen LogP contribution in [0, 0.1) is 5.82 Å². The number of nitrogens with zero attached hydrogens (tertiary/aromatic N) is 1. The Morgan fingerprint density at radius 2 is 2.04 bits per heavy atom. The van der Waals surface area contributed by atoms with Crippen LogP contribution >= 0.6 is 0 Å². The summed E-state index contributed by atoms with van der Waals surface area (Å²) in [6.45, 7) is 1.17. The Morgan fingerprint density at radius 1 is 1.26 bits per heavy atom. The summed E-state index contributed by atoms with van der Waals surface area (Å²) in [6.07, 6.45) is 4.28. The maximum Gasteiger partial charge on any atom is 0.246 e. The van der Waals surface area contributed by atoms with E-state index >= 15 is 0 Å². The Kier molecular flexibility index (Phi) is 4.42. The first-order chi connectivity index (χ1) is 11.1. The molecule has 0 aliphatic carbocycles. The standard InChI is InChI=1S/C19H18FNO2/c1-21(13-15-2-6-17(20)7-3-15)19(22)9-5-14-4-8-18-16(12-14)10-11-23-18/h2-9,12H,10-11,13H2,1H3/b9-5+. The van der Waals surface area contributed by atoms with Gasteiger partial charge in [0.1, 0.15) is 11.6 Å². The number of hydrogen-bond donors (Lipinski definition) is 0. The van der Waals surface area contributed by atoms with Crippen LogP contribution in [0.15, 0.2) is 48.5 Å². The Balaban J connectivity index is 1.62. The number of ether oxygens (including phenoxy) is 1. The predicted molar refractivity (Wildman–Crippen MR) is 87.5 cm³/mol. The molecular formula is C19H18FNO2. The molecule has 2 aromatic rings. The number of hydrogen-bond acceptors (Lipinski definition) is 2. The molecule has 0 saturated carbocycles. The fourth-order valence-electron chi connectivity index (χ4n) is 2.55. The van der Waals surface area contributed by atoms with E-state index in [1.54, 1.807) is 30.2 Å². The van der Waals surface area contributed by atoms with Crippen LogP contribution < -0.4 is 4.74 Å². The van der Waals surface area contributed by atoms with Crippen molar-refractivity contribution in [1.29, 1.82) is 0 Å². The fraction of sp³-hybridized carbons (Fsp3) is 0.211. The van der Waals surface area contributed by atoms with Gasteiger partial charge in [-0.15, -0.1) is 0 Å². The summed E-state index contributed by atoms with van der Waals surface area (Å²) in [6, 6.07) is 12.1. The average molecular weight is 311 g/mol. The minimum Gasteiger partial charge on any atom is -0.493 e. The topological polar surface area (TPSA) is 29.5 Å². The highest BCUT2D eigenvalue weighted by Gasteiger charge is 2.11. The molecule has 0 bridgehead atoms. The summed E-state index contributed by atoms with van der Waals surface area (Å²) in [7, 11) is 1.73. The molecule has 0 unspecified atom stereocenters. The number of carbonyl (C=O) groups is 1. The van der Waals surface area contributed by atoms with E-state index in [4.69, 9.17) is 4.74 Å². The molecule has 4 heteroatoms. The lowest BCUT2D eigenvalue weighted by molar-refractivity contribution is -0.125. The number of halogens is 1. The molecule has 1 heterocycles. The van der Waals surface area contributed by atoms with Gasteiger partial charge in [-0.25, -0.2) is 4.39 Å². The summed E-state index contributed by atoms with van der Waals surface area (Å²) in [5.74, 6) is 0.566. The molecule has 23 heavy (non-hydrogen) atoms. The first kappa shape index (κ1) is 15.3. The zero-order valence-corrected chi connectivity index (χ0v) is 13.0. The van der Waals surface area contributed by atoms with Gasteiger partial charge in [-0.2, -0.15) is 0 Å². The zero-order valence-electron chi connectivity index (χ0n) is 13.0. The van der Waals surface area contributed by atoms with Crippen LogP contribution in [-0.4, -0.2) is 24.5 Å². The predicted octanol–water partition coefficient (Wildman–Crippen LogP) is 3.43. The van der Waals surface area contributed by atoms with Crippen LogP contribution in [0.2, 0.25) is 0 Å². The van der Waals surface area contributed by atoms with Gasteiger partial charge in [0.25, 0.3) is 0 Å². The van der Waals surface area contributed by atoms with E-state index in [9.17, 15) is 9.18 Å². The van der Waals surface area contributed by atoms with Gasteiger partial charge in [-0.1, -0.05) is 18.2 Å². The lowest BCUT2D eigenvalue weighted by Crippen LogP contribution is -2.24. The Labute approximate surface area is 135 Å². The zero-order chi connectivity index (χ0) is 16.2. The summed E-state index contributed by atoms with van der Waals surface area (Å²) in [4.78, 5) is 13.8. The van der Waals surface area contributed by atoms with Crippen molar-refractivity contribution >= 4 is 12.0 Å². The minimum atomic E-state index is -0.275. The van der Waals surface area contributed by atoms with Crippen molar-refractivity contribution in [2.24, 2.45) is 0 Å². The number of rotatable bonds is 4. The first-order valence-corrected chi connectivity index (χ1v) is 7.55. The number of amides is 1. The number of carbonyl (C=O) groups excluding carboxylic acids is 1. The van der Waals surface area contributed by atoms with Crippen molar-refractivity contribution < 1.29 is 13.9 Å². The third kappa shape index (κ3) is 3.77. The van der Waals surface area contributed by atoms with Crippen molar-refractivity contribution in [3.63, 3.8) is 0 Å². The van der Waals surface area contributed by atoms with Crippen molar-refractivity contribution in [1.82, 2.24) is 4.90 Å². The summed E-state index contributed by atoms with van der Waals surface area (Å²) >= 11 is 0. The molecule has 1 amide bonds. The van der Waals surface area contributed by atoms with E-state index in [2.05, 4.69) is 0 Å². The van der Waals surface area contributed by atoms with Gasteiger partial charge in [-0.05, 0) is 47.0 Å². The summed E-state index contributed by atoms with van der Waals surface area (Å²) in [5.41, 5.74) is 3.06. The highest BCUT2D eigenvalue weighted by molar-refractivity contribution is 5.91. The molecule has 0 saturated heterocycles. The van der Waals surface area contributed by atoms with Crippen molar-refractivity contribution in [2.75, 3.05) is 13.7 Å². The second-order valence-corrected chi connectivity index (χ2v) is 5.62. The van der Waals surface area contributed by atoms with Crippen molar-refractivity contribution in [3.05, 3.63) is 71.0 Å². The van der Waals surface area contributed by atoms with Crippen molar-refractivity contribution in [3.8, 4) is 5.75 Å². The maximum absolute atomic E-state index is 12.9. The summed E-state index contributed by atoms with van der Waals surface area (Å²) in [5, 5.41) is 0. The van der Waals surface area contributed by atoms with Crippen LogP contribution in [0.5, 0.6) is 5.75 Å². The first-order valence-electron chi connectivity index (χ1n) is 7.55. The van der Waals surface area contributed by atoms with Gasteiger partial charge < -0.3 is 9.64 Å². The van der Waals surface area contributed by atoms with E-state index in [1.807, 2.05) is 24.3 Å². The molecule has 1 aliphatic heterocycles. The van der Waals surface area contributed by atoms with E-state index < -0.39 is 0 Å². The van der Waals surface area contributed by atoms with E-state index in [-0.39, 0.29) is 11.7 Å². The van der Waals surface area contributed by atoms with Crippen LogP contribution in [-0.2, 0) is 17.8 Å². The van der Waals surface area contributed by atoms with Crippen LogP contribution in [0.4, 0.5) is 4.39 Å². The lowest BCUT2D eigenvalue weighted by Gasteiger charge is -2.15. The minimum absolute atomic E-state index is 0.0916. The molecule has 1 aliphatic rings. The third-order valence-corrected chi connectivity index (χ3v) is 3.84. The fourth-order valence-corrected chi connectivity index (χ4v) is 2.55. The van der Waals surface area contributed by atoms with E-state index in [0.717, 1.165) is 29.9 Å². The molecule has 0 radical (unpaired) electrons. The van der Waals surface area contributed by atoms with E-state index in [0.29, 0.717) is 6.54 Å². The normalized spacial score (nSPS) is 13.0. The Bertz CT molecular complexity index is 738.